The van der Waals surface area contributed by atoms with E-state index in [9.17, 15) is 9.59 Å². The maximum Gasteiger partial charge on any atom is 0.245 e. The number of hydrogen-bond acceptors (Lipinski definition) is 3. The average Bonchev–Trinajstić information content (AvgIpc) is 2.39. The van der Waals surface area contributed by atoms with E-state index in [2.05, 4.69) is 5.32 Å². The highest BCUT2D eigenvalue weighted by atomic mass is 16.5. The molecular formula is C15H28N2O3. The number of unbranched alkanes of at least 4 members (excludes halogenated alkanes) is 1. The normalized spacial score (nSPS) is 23.4. The molecule has 116 valence electrons. The first-order valence-corrected chi connectivity index (χ1v) is 7.69. The zero-order chi connectivity index (χ0) is 15.1. The van der Waals surface area contributed by atoms with E-state index in [4.69, 9.17) is 4.74 Å². The van der Waals surface area contributed by atoms with Crippen molar-refractivity contribution in [3.05, 3.63) is 0 Å². The molecule has 1 N–H and O–H groups in total. The largest absolute Gasteiger partial charge is 0.379 e. The Balaban J connectivity index is 2.44. The zero-order valence-electron chi connectivity index (χ0n) is 13.1. The monoisotopic (exact) mass is 284 g/mol. The van der Waals surface area contributed by atoms with Crippen LogP contribution in [0.2, 0.25) is 0 Å². The summed E-state index contributed by atoms with van der Waals surface area (Å²) in [5.41, 5.74) is 0. The van der Waals surface area contributed by atoms with Gasteiger partial charge in [-0.2, -0.15) is 0 Å². The highest BCUT2D eigenvalue weighted by Crippen LogP contribution is 2.14. The number of piperazine rings is 1. The minimum absolute atomic E-state index is 0.0403. The van der Waals surface area contributed by atoms with Crippen molar-refractivity contribution in [1.29, 1.82) is 0 Å². The number of nitrogens with zero attached hydrogens (tertiary/aromatic N) is 1. The van der Waals surface area contributed by atoms with Gasteiger partial charge in [0.15, 0.2) is 0 Å². The average molecular weight is 284 g/mol. The van der Waals surface area contributed by atoms with E-state index in [0.717, 1.165) is 19.3 Å². The van der Waals surface area contributed by atoms with Crippen molar-refractivity contribution < 1.29 is 14.3 Å². The molecule has 5 heteroatoms. The lowest BCUT2D eigenvalue weighted by molar-refractivity contribution is -0.148. The molecule has 0 bridgehead atoms. The first kappa shape index (κ1) is 17.0. The van der Waals surface area contributed by atoms with Gasteiger partial charge in [0, 0.05) is 13.2 Å². The molecular weight excluding hydrogens is 256 g/mol. The second-order valence-electron chi connectivity index (χ2n) is 5.68. The van der Waals surface area contributed by atoms with E-state index >= 15 is 0 Å². The SMILES string of the molecule is CCCC1NC(=O)C(C)N(CCCCOC(C)C)C1=O. The van der Waals surface area contributed by atoms with E-state index in [1.807, 2.05) is 20.8 Å². The molecule has 5 nitrogen and oxygen atoms in total. The third-order valence-electron chi connectivity index (χ3n) is 3.57. The van der Waals surface area contributed by atoms with Crippen LogP contribution in [0.4, 0.5) is 0 Å². The van der Waals surface area contributed by atoms with Crippen LogP contribution in [0.25, 0.3) is 0 Å². The Hall–Kier alpha value is -1.10. The van der Waals surface area contributed by atoms with E-state index in [0.29, 0.717) is 19.6 Å². The van der Waals surface area contributed by atoms with Crippen LogP contribution in [0, 0.1) is 0 Å². The van der Waals surface area contributed by atoms with Crippen molar-refractivity contribution in [2.75, 3.05) is 13.2 Å². The fourth-order valence-corrected chi connectivity index (χ4v) is 2.38. The van der Waals surface area contributed by atoms with E-state index in [1.165, 1.54) is 0 Å². The number of nitrogens with one attached hydrogen (secondary N) is 1. The Morgan fingerprint density at radius 2 is 2.00 bits per heavy atom. The lowest BCUT2D eigenvalue weighted by Crippen LogP contribution is -2.62. The number of ether oxygens (including phenoxy) is 1. The van der Waals surface area contributed by atoms with E-state index in [1.54, 1.807) is 11.8 Å². The van der Waals surface area contributed by atoms with Crippen LogP contribution in [-0.4, -0.2) is 48.1 Å². The van der Waals surface area contributed by atoms with Gasteiger partial charge in [0.1, 0.15) is 12.1 Å². The third-order valence-corrected chi connectivity index (χ3v) is 3.57. The van der Waals surface area contributed by atoms with Gasteiger partial charge >= 0.3 is 0 Å². The second-order valence-corrected chi connectivity index (χ2v) is 5.68. The van der Waals surface area contributed by atoms with Crippen LogP contribution < -0.4 is 5.32 Å². The molecule has 0 aromatic carbocycles. The first-order valence-electron chi connectivity index (χ1n) is 7.69. The zero-order valence-corrected chi connectivity index (χ0v) is 13.1. The summed E-state index contributed by atoms with van der Waals surface area (Å²) in [7, 11) is 0. The van der Waals surface area contributed by atoms with Crippen molar-refractivity contribution >= 4 is 11.8 Å². The maximum atomic E-state index is 12.3. The summed E-state index contributed by atoms with van der Waals surface area (Å²) in [4.78, 5) is 25.9. The molecule has 1 saturated heterocycles. The Morgan fingerprint density at radius 1 is 1.30 bits per heavy atom. The molecule has 1 aliphatic rings. The van der Waals surface area contributed by atoms with Gasteiger partial charge in [0.2, 0.25) is 11.8 Å². The van der Waals surface area contributed by atoms with Crippen molar-refractivity contribution in [2.24, 2.45) is 0 Å². The molecule has 0 aromatic heterocycles. The number of hydrogen-bond donors (Lipinski definition) is 1. The van der Waals surface area contributed by atoms with Crippen molar-refractivity contribution in [3.8, 4) is 0 Å². The van der Waals surface area contributed by atoms with Gasteiger partial charge in [-0.15, -0.1) is 0 Å². The summed E-state index contributed by atoms with van der Waals surface area (Å²) >= 11 is 0. The molecule has 2 amide bonds. The highest BCUT2D eigenvalue weighted by molar-refractivity contribution is 5.96. The van der Waals surface area contributed by atoms with Crippen molar-refractivity contribution in [2.45, 2.75) is 71.6 Å². The Morgan fingerprint density at radius 3 is 2.60 bits per heavy atom. The summed E-state index contributed by atoms with van der Waals surface area (Å²) in [6.07, 6.45) is 3.62. The number of amides is 2. The summed E-state index contributed by atoms with van der Waals surface area (Å²) < 4.78 is 5.48. The van der Waals surface area contributed by atoms with Gasteiger partial charge < -0.3 is 15.0 Å². The quantitative estimate of drug-likeness (QED) is 0.690. The second kappa shape index (κ2) is 8.25. The van der Waals surface area contributed by atoms with E-state index in [-0.39, 0.29) is 30.0 Å². The highest BCUT2D eigenvalue weighted by Gasteiger charge is 2.36. The van der Waals surface area contributed by atoms with Crippen LogP contribution in [-0.2, 0) is 14.3 Å². The summed E-state index contributed by atoms with van der Waals surface area (Å²) in [6, 6.07) is -0.697. The van der Waals surface area contributed by atoms with Gasteiger partial charge in [-0.3, -0.25) is 9.59 Å². The molecule has 1 fully saturated rings. The predicted octanol–water partition coefficient (Wildman–Crippen LogP) is 1.71. The van der Waals surface area contributed by atoms with Gasteiger partial charge in [-0.1, -0.05) is 13.3 Å². The predicted molar refractivity (Wildman–Crippen MR) is 78.3 cm³/mol. The van der Waals surface area contributed by atoms with Crippen LogP contribution >= 0.6 is 0 Å². The first-order chi connectivity index (χ1) is 9.47. The molecule has 1 rings (SSSR count). The Kier molecular flexibility index (Phi) is 6.99. The maximum absolute atomic E-state index is 12.3. The Bertz CT molecular complexity index is 331. The van der Waals surface area contributed by atoms with Crippen LogP contribution in [0.3, 0.4) is 0 Å². The molecule has 0 aromatic rings. The van der Waals surface area contributed by atoms with E-state index < -0.39 is 0 Å². The fraction of sp³-hybridized carbons (Fsp3) is 0.867. The summed E-state index contributed by atoms with van der Waals surface area (Å²) in [5, 5.41) is 2.81. The minimum atomic E-state index is -0.360. The lowest BCUT2D eigenvalue weighted by atomic mass is 10.0. The van der Waals surface area contributed by atoms with Gasteiger partial charge in [0.25, 0.3) is 0 Å². The minimum Gasteiger partial charge on any atom is -0.379 e. The molecule has 0 aliphatic carbocycles. The van der Waals surface area contributed by atoms with Gasteiger partial charge in [-0.05, 0) is 40.0 Å². The van der Waals surface area contributed by atoms with Gasteiger partial charge in [0.05, 0.1) is 6.10 Å². The lowest BCUT2D eigenvalue weighted by Gasteiger charge is -2.37. The fourth-order valence-electron chi connectivity index (χ4n) is 2.38. The standard InChI is InChI=1S/C15H28N2O3/c1-5-8-13-15(19)17(12(4)14(18)16-13)9-6-7-10-20-11(2)3/h11-13H,5-10H2,1-4H3,(H,16,18). The number of carbonyl (C=O) groups is 2. The smallest absolute Gasteiger partial charge is 0.245 e. The van der Waals surface area contributed by atoms with Crippen LogP contribution in [0.5, 0.6) is 0 Å². The molecule has 20 heavy (non-hydrogen) atoms. The molecule has 0 spiro atoms. The number of rotatable bonds is 8. The molecule has 0 radical (unpaired) electrons. The number of carbonyl (C=O) groups excluding carboxylic acids is 2. The summed E-state index contributed by atoms with van der Waals surface area (Å²) in [6.45, 7) is 9.17. The van der Waals surface area contributed by atoms with Crippen LogP contribution in [0.1, 0.15) is 53.4 Å². The van der Waals surface area contributed by atoms with Crippen molar-refractivity contribution in [1.82, 2.24) is 10.2 Å². The molecule has 2 atom stereocenters. The van der Waals surface area contributed by atoms with Crippen molar-refractivity contribution in [3.63, 3.8) is 0 Å². The van der Waals surface area contributed by atoms with Gasteiger partial charge in [-0.25, -0.2) is 0 Å². The Labute approximate surface area is 122 Å². The molecule has 0 saturated carbocycles. The van der Waals surface area contributed by atoms with Crippen LogP contribution in [0.15, 0.2) is 0 Å². The molecule has 1 aliphatic heterocycles. The third kappa shape index (κ3) is 4.78. The topological polar surface area (TPSA) is 58.6 Å². The summed E-state index contributed by atoms with van der Waals surface area (Å²) in [5.74, 6) is 0.0187. The molecule has 2 unspecified atom stereocenters. The molecule has 1 heterocycles.